The van der Waals surface area contributed by atoms with E-state index in [-0.39, 0.29) is 5.91 Å². The van der Waals surface area contributed by atoms with Crippen LogP contribution >= 0.6 is 11.3 Å². The molecule has 2 aromatic heterocycles. The second kappa shape index (κ2) is 8.27. The van der Waals surface area contributed by atoms with Gasteiger partial charge in [-0.15, -0.1) is 11.3 Å². The summed E-state index contributed by atoms with van der Waals surface area (Å²) in [6.07, 6.45) is 3.16. The first-order valence-electron chi connectivity index (χ1n) is 9.13. The van der Waals surface area contributed by atoms with Crippen molar-refractivity contribution in [1.29, 1.82) is 0 Å². The number of ether oxygens (including phenoxy) is 1. The molecule has 0 saturated heterocycles. The number of benzene rings is 2. The number of carbonyl (C=O) groups is 1. The standard InChI is InChI=1S/C22H21N3O2S/c1-27-19-9-5-6-16(12-19)13-23-21(26)11-10-18-15-28-22-24-20(14-25(18)22)17-7-3-2-4-8-17/h2-9,12,14-15H,10-11,13H2,1H3,(H,23,26). The third-order valence-corrected chi connectivity index (χ3v) is 5.47. The summed E-state index contributed by atoms with van der Waals surface area (Å²) in [4.78, 5) is 17.9. The Hall–Kier alpha value is -3.12. The van der Waals surface area contributed by atoms with Crippen LogP contribution in [0.3, 0.4) is 0 Å². The molecule has 142 valence electrons. The molecule has 4 aromatic rings. The molecule has 0 aliphatic rings. The number of nitrogens with zero attached hydrogens (tertiary/aromatic N) is 2. The maximum atomic E-state index is 12.3. The molecule has 0 bridgehead atoms. The van der Waals surface area contributed by atoms with E-state index in [2.05, 4.69) is 27.2 Å². The molecule has 0 fully saturated rings. The fourth-order valence-corrected chi connectivity index (χ4v) is 3.98. The number of imidazole rings is 1. The number of rotatable bonds is 7. The summed E-state index contributed by atoms with van der Waals surface area (Å²) in [5, 5.41) is 5.05. The second-order valence-electron chi connectivity index (χ2n) is 6.50. The SMILES string of the molecule is COc1cccc(CNC(=O)CCc2csc3nc(-c4ccccc4)cn23)c1. The predicted octanol–water partition coefficient (Wildman–Crippen LogP) is 4.32. The summed E-state index contributed by atoms with van der Waals surface area (Å²) in [5.41, 5.74) is 4.18. The topological polar surface area (TPSA) is 55.6 Å². The lowest BCUT2D eigenvalue weighted by atomic mass is 10.2. The van der Waals surface area contributed by atoms with Gasteiger partial charge >= 0.3 is 0 Å². The number of hydrogen-bond donors (Lipinski definition) is 1. The number of methoxy groups -OCH3 is 1. The third kappa shape index (κ3) is 4.07. The van der Waals surface area contributed by atoms with Gasteiger partial charge in [0.15, 0.2) is 4.96 Å². The number of fused-ring (bicyclic) bond motifs is 1. The van der Waals surface area contributed by atoms with Gasteiger partial charge in [-0.05, 0) is 24.1 Å². The Morgan fingerprint density at radius 1 is 1.18 bits per heavy atom. The van der Waals surface area contributed by atoms with Gasteiger partial charge in [0.2, 0.25) is 5.91 Å². The van der Waals surface area contributed by atoms with Crippen LogP contribution in [0.5, 0.6) is 5.75 Å². The molecule has 2 aromatic carbocycles. The van der Waals surface area contributed by atoms with Crippen molar-refractivity contribution in [2.45, 2.75) is 19.4 Å². The lowest BCUT2D eigenvalue weighted by Crippen LogP contribution is -2.23. The number of hydrogen-bond acceptors (Lipinski definition) is 4. The molecule has 28 heavy (non-hydrogen) atoms. The summed E-state index contributed by atoms with van der Waals surface area (Å²) < 4.78 is 7.30. The fraction of sp³-hybridized carbons (Fsp3) is 0.182. The van der Waals surface area contributed by atoms with Crippen molar-refractivity contribution < 1.29 is 9.53 Å². The number of nitrogens with one attached hydrogen (secondary N) is 1. The fourth-order valence-electron chi connectivity index (χ4n) is 3.07. The van der Waals surface area contributed by atoms with Crippen LogP contribution in [0.15, 0.2) is 66.2 Å². The van der Waals surface area contributed by atoms with Gasteiger partial charge in [-0.1, -0.05) is 42.5 Å². The maximum absolute atomic E-state index is 12.3. The van der Waals surface area contributed by atoms with E-state index in [0.717, 1.165) is 33.2 Å². The highest BCUT2D eigenvalue weighted by Crippen LogP contribution is 2.24. The smallest absolute Gasteiger partial charge is 0.220 e. The third-order valence-electron chi connectivity index (χ3n) is 4.58. The number of amides is 1. The first kappa shape index (κ1) is 18.3. The predicted molar refractivity (Wildman–Crippen MR) is 112 cm³/mol. The number of thiazole rings is 1. The molecule has 2 heterocycles. The number of carbonyl (C=O) groups excluding carboxylic acids is 1. The lowest BCUT2D eigenvalue weighted by Gasteiger charge is -2.07. The van der Waals surface area contributed by atoms with Crippen molar-refractivity contribution in [2.24, 2.45) is 0 Å². The molecule has 0 saturated carbocycles. The van der Waals surface area contributed by atoms with Crippen molar-refractivity contribution in [3.8, 4) is 17.0 Å². The van der Waals surface area contributed by atoms with Gasteiger partial charge in [-0.3, -0.25) is 9.20 Å². The minimum atomic E-state index is 0.0329. The van der Waals surface area contributed by atoms with Gasteiger partial charge in [0.05, 0.1) is 12.8 Å². The van der Waals surface area contributed by atoms with Gasteiger partial charge in [0, 0.05) is 35.8 Å². The molecule has 4 rings (SSSR count). The molecule has 1 amide bonds. The number of aromatic nitrogens is 2. The average molecular weight is 391 g/mol. The average Bonchev–Trinajstić information content (AvgIpc) is 3.33. The van der Waals surface area contributed by atoms with Crippen LogP contribution in [0.25, 0.3) is 16.2 Å². The van der Waals surface area contributed by atoms with E-state index in [1.165, 1.54) is 0 Å². The second-order valence-corrected chi connectivity index (χ2v) is 7.34. The maximum Gasteiger partial charge on any atom is 0.220 e. The quantitative estimate of drug-likeness (QED) is 0.510. The zero-order valence-corrected chi connectivity index (χ0v) is 16.4. The highest BCUT2D eigenvalue weighted by molar-refractivity contribution is 7.15. The Kier molecular flexibility index (Phi) is 5.39. The number of aryl methyl sites for hydroxylation is 1. The van der Waals surface area contributed by atoms with Crippen LogP contribution in [-0.4, -0.2) is 22.4 Å². The molecule has 5 nitrogen and oxygen atoms in total. The van der Waals surface area contributed by atoms with E-state index >= 15 is 0 Å². The zero-order valence-electron chi connectivity index (χ0n) is 15.6. The van der Waals surface area contributed by atoms with Crippen LogP contribution in [0.2, 0.25) is 0 Å². The van der Waals surface area contributed by atoms with E-state index in [1.807, 2.05) is 48.7 Å². The molecular weight excluding hydrogens is 370 g/mol. The van der Waals surface area contributed by atoms with Gasteiger partial charge in [-0.25, -0.2) is 4.98 Å². The van der Waals surface area contributed by atoms with Crippen molar-refractivity contribution in [2.75, 3.05) is 7.11 Å². The molecule has 0 radical (unpaired) electrons. The van der Waals surface area contributed by atoms with Gasteiger partial charge in [0.25, 0.3) is 0 Å². The summed E-state index contributed by atoms with van der Waals surface area (Å²) in [7, 11) is 1.64. The van der Waals surface area contributed by atoms with E-state index in [1.54, 1.807) is 18.4 Å². The Morgan fingerprint density at radius 2 is 2.04 bits per heavy atom. The van der Waals surface area contributed by atoms with Crippen molar-refractivity contribution >= 4 is 22.2 Å². The highest BCUT2D eigenvalue weighted by atomic mass is 32.1. The zero-order chi connectivity index (χ0) is 19.3. The van der Waals surface area contributed by atoms with E-state index in [0.29, 0.717) is 19.4 Å². The molecule has 1 N–H and O–H groups in total. The van der Waals surface area contributed by atoms with E-state index in [4.69, 9.17) is 9.72 Å². The summed E-state index contributed by atoms with van der Waals surface area (Å²) in [6, 6.07) is 17.8. The van der Waals surface area contributed by atoms with Crippen LogP contribution in [-0.2, 0) is 17.8 Å². The van der Waals surface area contributed by atoms with E-state index in [9.17, 15) is 4.79 Å². The molecule has 0 aliphatic carbocycles. The molecule has 0 aliphatic heterocycles. The minimum absolute atomic E-state index is 0.0329. The Bertz CT molecular complexity index is 1090. The highest BCUT2D eigenvalue weighted by Gasteiger charge is 2.11. The first-order chi connectivity index (χ1) is 13.7. The van der Waals surface area contributed by atoms with Crippen LogP contribution < -0.4 is 10.1 Å². The van der Waals surface area contributed by atoms with Crippen molar-refractivity contribution in [3.05, 3.63) is 77.4 Å². The Labute approximate surface area is 167 Å². The van der Waals surface area contributed by atoms with Crippen LogP contribution in [0, 0.1) is 0 Å². The monoisotopic (exact) mass is 391 g/mol. The normalized spacial score (nSPS) is 10.9. The minimum Gasteiger partial charge on any atom is -0.497 e. The molecule has 0 spiro atoms. The van der Waals surface area contributed by atoms with Crippen LogP contribution in [0.4, 0.5) is 0 Å². The van der Waals surface area contributed by atoms with Gasteiger partial charge in [-0.2, -0.15) is 0 Å². The Morgan fingerprint density at radius 3 is 2.86 bits per heavy atom. The summed E-state index contributed by atoms with van der Waals surface area (Å²) in [6.45, 7) is 0.498. The molecule has 0 atom stereocenters. The van der Waals surface area contributed by atoms with Crippen molar-refractivity contribution in [1.82, 2.24) is 14.7 Å². The molecule has 0 unspecified atom stereocenters. The Balaban J connectivity index is 1.37. The first-order valence-corrected chi connectivity index (χ1v) is 10.0. The van der Waals surface area contributed by atoms with E-state index < -0.39 is 0 Å². The molecular formula is C22H21N3O2S. The van der Waals surface area contributed by atoms with Crippen molar-refractivity contribution in [3.63, 3.8) is 0 Å². The lowest BCUT2D eigenvalue weighted by molar-refractivity contribution is -0.121. The summed E-state index contributed by atoms with van der Waals surface area (Å²) >= 11 is 1.60. The van der Waals surface area contributed by atoms with Crippen LogP contribution in [0.1, 0.15) is 17.7 Å². The molecule has 6 heteroatoms. The largest absolute Gasteiger partial charge is 0.497 e. The van der Waals surface area contributed by atoms with Gasteiger partial charge < -0.3 is 10.1 Å². The van der Waals surface area contributed by atoms with Gasteiger partial charge in [0.1, 0.15) is 5.75 Å². The summed E-state index contributed by atoms with van der Waals surface area (Å²) in [5.74, 6) is 0.826.